The topological polar surface area (TPSA) is 55.1 Å². The lowest BCUT2D eigenvalue weighted by atomic mass is 9.97. The van der Waals surface area contributed by atoms with E-state index in [1.54, 1.807) is 0 Å². The Labute approximate surface area is 108 Å². The van der Waals surface area contributed by atoms with Crippen LogP contribution in [0.4, 0.5) is 15.8 Å². The number of halogens is 1. The zero-order chi connectivity index (χ0) is 13.5. The molecule has 4 heteroatoms. The van der Waals surface area contributed by atoms with Gasteiger partial charge in [0, 0.05) is 11.6 Å². The number of hydrogen-bond donors (Lipinski definition) is 2. The van der Waals surface area contributed by atoms with Gasteiger partial charge in [-0.05, 0) is 31.0 Å². The fourth-order valence-corrected chi connectivity index (χ4v) is 1.98. The fraction of sp³-hybridized carbons (Fsp3) is 0.500. The minimum atomic E-state index is -0.454. The Bertz CT molecular complexity index is 401. The summed E-state index contributed by atoms with van der Waals surface area (Å²) in [6.07, 6.45) is 3.53. The molecule has 18 heavy (non-hydrogen) atoms. The third kappa shape index (κ3) is 4.02. The van der Waals surface area contributed by atoms with E-state index < -0.39 is 5.82 Å². The van der Waals surface area contributed by atoms with Crippen molar-refractivity contribution in [3.8, 4) is 0 Å². The second-order valence-electron chi connectivity index (χ2n) is 4.50. The van der Waals surface area contributed by atoms with Gasteiger partial charge >= 0.3 is 0 Å². The molecular weight excluding hydrogens is 231 g/mol. The first-order valence-corrected chi connectivity index (χ1v) is 6.44. The number of nitrogens with two attached hydrogens (primary N) is 1. The van der Waals surface area contributed by atoms with Crippen LogP contribution in [0.25, 0.3) is 0 Å². The van der Waals surface area contributed by atoms with Crippen molar-refractivity contribution in [3.63, 3.8) is 0 Å². The van der Waals surface area contributed by atoms with E-state index >= 15 is 0 Å². The number of hydrogen-bond acceptors (Lipinski definition) is 2. The monoisotopic (exact) mass is 252 g/mol. The molecule has 100 valence electrons. The van der Waals surface area contributed by atoms with Crippen LogP contribution in [0.15, 0.2) is 18.2 Å². The molecule has 0 spiro atoms. The standard InChI is InChI=1S/C14H21FN2O/c1-3-5-10(6-4-2)14(18)17-13-9-11(16)7-8-12(13)15/h7-10H,3-6,16H2,1-2H3,(H,17,18). The summed E-state index contributed by atoms with van der Waals surface area (Å²) in [5.74, 6) is -0.631. The highest BCUT2D eigenvalue weighted by atomic mass is 19.1. The number of carbonyl (C=O) groups is 1. The molecule has 1 amide bonds. The van der Waals surface area contributed by atoms with Gasteiger partial charge in [0.2, 0.25) is 5.91 Å². The van der Waals surface area contributed by atoms with E-state index in [9.17, 15) is 9.18 Å². The van der Waals surface area contributed by atoms with Gasteiger partial charge in [0.1, 0.15) is 5.82 Å². The van der Waals surface area contributed by atoms with Gasteiger partial charge in [0.15, 0.2) is 0 Å². The van der Waals surface area contributed by atoms with E-state index in [0.29, 0.717) is 5.69 Å². The van der Waals surface area contributed by atoms with Gasteiger partial charge in [-0.25, -0.2) is 4.39 Å². The van der Waals surface area contributed by atoms with Crippen molar-refractivity contribution in [1.82, 2.24) is 0 Å². The van der Waals surface area contributed by atoms with Crippen molar-refractivity contribution in [2.45, 2.75) is 39.5 Å². The fourth-order valence-electron chi connectivity index (χ4n) is 1.98. The summed E-state index contributed by atoms with van der Waals surface area (Å²) in [6.45, 7) is 4.08. The van der Waals surface area contributed by atoms with Crippen molar-refractivity contribution in [3.05, 3.63) is 24.0 Å². The molecule has 0 aliphatic heterocycles. The number of carbonyl (C=O) groups excluding carboxylic acids is 1. The first kappa shape index (κ1) is 14.5. The van der Waals surface area contributed by atoms with Gasteiger partial charge in [0.25, 0.3) is 0 Å². The number of anilines is 2. The van der Waals surface area contributed by atoms with E-state index in [4.69, 9.17) is 5.73 Å². The zero-order valence-electron chi connectivity index (χ0n) is 11.0. The first-order valence-electron chi connectivity index (χ1n) is 6.44. The Morgan fingerprint density at radius 1 is 1.33 bits per heavy atom. The highest BCUT2D eigenvalue weighted by molar-refractivity contribution is 5.93. The highest BCUT2D eigenvalue weighted by Crippen LogP contribution is 2.21. The van der Waals surface area contributed by atoms with Gasteiger partial charge in [0.05, 0.1) is 5.69 Å². The van der Waals surface area contributed by atoms with Crippen LogP contribution in [-0.2, 0) is 4.79 Å². The summed E-state index contributed by atoms with van der Waals surface area (Å²) < 4.78 is 13.5. The molecular formula is C14H21FN2O. The minimum Gasteiger partial charge on any atom is -0.399 e. The Hall–Kier alpha value is -1.58. The Morgan fingerprint density at radius 3 is 2.50 bits per heavy atom. The van der Waals surface area contributed by atoms with Crippen molar-refractivity contribution >= 4 is 17.3 Å². The van der Waals surface area contributed by atoms with Crippen LogP contribution < -0.4 is 11.1 Å². The second-order valence-corrected chi connectivity index (χ2v) is 4.50. The SMILES string of the molecule is CCCC(CCC)C(=O)Nc1cc(N)ccc1F. The minimum absolute atomic E-state index is 0.0548. The lowest BCUT2D eigenvalue weighted by molar-refractivity contribution is -0.120. The maximum atomic E-state index is 13.5. The van der Waals surface area contributed by atoms with Gasteiger partial charge in [-0.2, -0.15) is 0 Å². The lowest BCUT2D eigenvalue weighted by Crippen LogP contribution is -2.23. The molecule has 3 N–H and O–H groups in total. The van der Waals surface area contributed by atoms with Crippen molar-refractivity contribution in [1.29, 1.82) is 0 Å². The van der Waals surface area contributed by atoms with E-state index in [1.165, 1.54) is 18.2 Å². The molecule has 0 saturated carbocycles. The van der Waals surface area contributed by atoms with Crippen molar-refractivity contribution in [2.75, 3.05) is 11.1 Å². The molecule has 0 bridgehead atoms. The molecule has 0 radical (unpaired) electrons. The molecule has 0 fully saturated rings. The third-order valence-electron chi connectivity index (χ3n) is 2.89. The summed E-state index contributed by atoms with van der Waals surface area (Å²) in [7, 11) is 0. The molecule has 0 saturated heterocycles. The smallest absolute Gasteiger partial charge is 0.227 e. The van der Waals surface area contributed by atoms with Crippen LogP contribution in [0.1, 0.15) is 39.5 Å². The second kappa shape index (κ2) is 6.99. The first-order chi connectivity index (χ1) is 8.58. The zero-order valence-corrected chi connectivity index (χ0v) is 11.0. The van der Waals surface area contributed by atoms with Gasteiger partial charge in [-0.1, -0.05) is 26.7 Å². The van der Waals surface area contributed by atoms with Gasteiger partial charge in [-0.3, -0.25) is 4.79 Å². The number of benzene rings is 1. The van der Waals surface area contributed by atoms with Crippen LogP contribution in [0.2, 0.25) is 0 Å². The molecule has 1 aromatic carbocycles. The number of rotatable bonds is 6. The summed E-state index contributed by atoms with van der Waals surface area (Å²) in [5.41, 5.74) is 6.18. The van der Waals surface area contributed by atoms with Crippen molar-refractivity contribution < 1.29 is 9.18 Å². The molecule has 0 aliphatic rings. The summed E-state index contributed by atoms with van der Waals surface area (Å²) in [4.78, 5) is 12.0. The Balaban J connectivity index is 2.75. The number of nitrogens with one attached hydrogen (secondary N) is 1. The molecule has 1 aromatic rings. The largest absolute Gasteiger partial charge is 0.399 e. The Morgan fingerprint density at radius 2 is 1.94 bits per heavy atom. The van der Waals surface area contributed by atoms with E-state index in [1.807, 2.05) is 13.8 Å². The predicted molar refractivity (Wildman–Crippen MR) is 72.7 cm³/mol. The molecule has 0 atom stereocenters. The van der Waals surface area contributed by atoms with E-state index in [2.05, 4.69) is 5.32 Å². The van der Waals surface area contributed by atoms with Crippen molar-refractivity contribution in [2.24, 2.45) is 5.92 Å². The van der Waals surface area contributed by atoms with Gasteiger partial charge in [-0.15, -0.1) is 0 Å². The quantitative estimate of drug-likeness (QED) is 0.760. The summed E-state index contributed by atoms with van der Waals surface area (Å²) >= 11 is 0. The third-order valence-corrected chi connectivity index (χ3v) is 2.89. The van der Waals surface area contributed by atoms with E-state index in [-0.39, 0.29) is 17.5 Å². The van der Waals surface area contributed by atoms with Crippen LogP contribution in [0, 0.1) is 11.7 Å². The maximum Gasteiger partial charge on any atom is 0.227 e. The molecule has 0 heterocycles. The molecule has 0 aromatic heterocycles. The average molecular weight is 252 g/mol. The van der Waals surface area contributed by atoms with E-state index in [0.717, 1.165) is 25.7 Å². The molecule has 0 unspecified atom stereocenters. The maximum absolute atomic E-state index is 13.5. The summed E-state index contributed by atoms with van der Waals surface area (Å²) in [5, 5.41) is 2.63. The van der Waals surface area contributed by atoms with Gasteiger partial charge < -0.3 is 11.1 Å². The lowest BCUT2D eigenvalue weighted by Gasteiger charge is -2.15. The van der Waals surface area contributed by atoms with Crippen LogP contribution in [-0.4, -0.2) is 5.91 Å². The number of nitrogen functional groups attached to an aromatic ring is 1. The molecule has 3 nitrogen and oxygen atoms in total. The number of amides is 1. The molecule has 0 aliphatic carbocycles. The summed E-state index contributed by atoms with van der Waals surface area (Å²) in [6, 6.07) is 4.18. The van der Waals surface area contributed by atoms with Crippen LogP contribution in [0.5, 0.6) is 0 Å². The predicted octanol–water partition coefficient (Wildman–Crippen LogP) is 3.56. The van der Waals surface area contributed by atoms with Crippen LogP contribution >= 0.6 is 0 Å². The highest BCUT2D eigenvalue weighted by Gasteiger charge is 2.17. The average Bonchev–Trinajstić information content (AvgIpc) is 2.33. The normalized spacial score (nSPS) is 10.7. The molecule has 1 rings (SSSR count). The van der Waals surface area contributed by atoms with Crippen LogP contribution in [0.3, 0.4) is 0 Å². The Kier molecular flexibility index (Phi) is 5.62.